The molecule has 0 aromatic rings. The predicted molar refractivity (Wildman–Crippen MR) is 53.1 cm³/mol. The van der Waals surface area contributed by atoms with Crippen LogP contribution in [0.15, 0.2) is 0 Å². The first-order valence-electron chi connectivity index (χ1n) is 5.16. The van der Waals surface area contributed by atoms with Crippen molar-refractivity contribution in [2.75, 3.05) is 20.1 Å². The van der Waals surface area contributed by atoms with E-state index in [0.717, 1.165) is 5.92 Å². The third-order valence-electron chi connectivity index (χ3n) is 3.00. The number of hydrogen-bond donors (Lipinski definition) is 1. The minimum Gasteiger partial charge on any atom is -0.328 e. The van der Waals surface area contributed by atoms with Gasteiger partial charge in [0.1, 0.15) is 0 Å². The Morgan fingerprint density at radius 1 is 1.25 bits per heavy atom. The first-order valence-corrected chi connectivity index (χ1v) is 5.16. The Balaban J connectivity index is 2.17. The molecule has 0 bridgehead atoms. The van der Waals surface area contributed by atoms with Gasteiger partial charge in [-0.3, -0.25) is 0 Å². The van der Waals surface area contributed by atoms with Crippen molar-refractivity contribution in [1.29, 1.82) is 0 Å². The molecule has 0 amide bonds. The quantitative estimate of drug-likeness (QED) is 0.694. The van der Waals surface area contributed by atoms with Gasteiger partial charge < -0.3 is 10.6 Å². The van der Waals surface area contributed by atoms with Crippen LogP contribution in [-0.2, 0) is 0 Å². The number of rotatable bonds is 3. The van der Waals surface area contributed by atoms with Crippen LogP contribution in [0.4, 0.5) is 0 Å². The Kier molecular flexibility index (Phi) is 4.02. The summed E-state index contributed by atoms with van der Waals surface area (Å²) in [6.07, 6.45) is 5.15. The maximum atomic E-state index is 5.85. The molecule has 2 N–H and O–H groups in total. The molecule has 1 rings (SSSR count). The van der Waals surface area contributed by atoms with E-state index in [1.807, 2.05) is 0 Å². The molecule has 12 heavy (non-hydrogen) atoms. The molecule has 0 radical (unpaired) electrons. The van der Waals surface area contributed by atoms with Crippen molar-refractivity contribution in [3.8, 4) is 0 Å². The van der Waals surface area contributed by atoms with E-state index in [2.05, 4.69) is 18.9 Å². The summed E-state index contributed by atoms with van der Waals surface area (Å²) < 4.78 is 0. The second kappa shape index (κ2) is 4.83. The molecule has 0 heterocycles. The fraction of sp³-hybridized carbons (Fsp3) is 1.00. The fourth-order valence-corrected chi connectivity index (χ4v) is 1.94. The molecular weight excluding hydrogens is 148 g/mol. The Bertz CT molecular complexity index is 117. The highest BCUT2D eigenvalue weighted by Gasteiger charge is 2.18. The number of nitrogens with zero attached hydrogens (tertiary/aromatic N) is 1. The van der Waals surface area contributed by atoms with Crippen LogP contribution < -0.4 is 5.73 Å². The molecule has 1 aliphatic rings. The molecule has 1 fully saturated rings. The molecule has 72 valence electrons. The Hall–Kier alpha value is -0.0800. The highest BCUT2D eigenvalue weighted by molar-refractivity contribution is 4.75. The van der Waals surface area contributed by atoms with Crippen molar-refractivity contribution < 1.29 is 0 Å². The maximum Gasteiger partial charge on any atom is 0.00390 e. The zero-order valence-electron chi connectivity index (χ0n) is 8.42. The molecule has 0 aromatic heterocycles. The molecule has 0 unspecified atom stereocenters. The van der Waals surface area contributed by atoms with Gasteiger partial charge in [0.2, 0.25) is 0 Å². The molecular formula is C10H22N2. The molecule has 0 atom stereocenters. The monoisotopic (exact) mass is 170 g/mol. The fourth-order valence-electron chi connectivity index (χ4n) is 1.94. The van der Waals surface area contributed by atoms with Crippen LogP contribution in [0.2, 0.25) is 0 Å². The van der Waals surface area contributed by atoms with Crippen molar-refractivity contribution in [2.45, 2.75) is 38.6 Å². The predicted octanol–water partition coefficient (Wildman–Crippen LogP) is 1.46. The standard InChI is InChI=1S/C10H22N2/c1-3-12(2)8-9-4-6-10(11)7-5-9/h9-10H,3-8,11H2,1-2H3/t9-,10-. The summed E-state index contributed by atoms with van der Waals surface area (Å²) in [6, 6.07) is 0.494. The first kappa shape index (κ1) is 10.0. The molecule has 0 aliphatic heterocycles. The summed E-state index contributed by atoms with van der Waals surface area (Å²) in [6.45, 7) is 4.65. The van der Waals surface area contributed by atoms with E-state index in [1.54, 1.807) is 0 Å². The van der Waals surface area contributed by atoms with Crippen LogP contribution in [-0.4, -0.2) is 31.1 Å². The van der Waals surface area contributed by atoms with Gasteiger partial charge in [-0.15, -0.1) is 0 Å². The van der Waals surface area contributed by atoms with Gasteiger partial charge in [0.05, 0.1) is 0 Å². The van der Waals surface area contributed by atoms with E-state index >= 15 is 0 Å². The lowest BCUT2D eigenvalue weighted by atomic mass is 9.86. The summed E-state index contributed by atoms with van der Waals surface area (Å²) in [7, 11) is 2.20. The normalized spacial score (nSPS) is 31.0. The van der Waals surface area contributed by atoms with Crippen LogP contribution in [0.1, 0.15) is 32.6 Å². The van der Waals surface area contributed by atoms with Crippen molar-refractivity contribution in [3.05, 3.63) is 0 Å². The molecule has 1 aliphatic carbocycles. The Labute approximate surface area is 76.1 Å². The van der Waals surface area contributed by atoms with Gasteiger partial charge in [-0.1, -0.05) is 6.92 Å². The maximum absolute atomic E-state index is 5.85. The van der Waals surface area contributed by atoms with Crippen LogP contribution >= 0.6 is 0 Å². The number of hydrogen-bond acceptors (Lipinski definition) is 2. The Morgan fingerprint density at radius 2 is 1.83 bits per heavy atom. The van der Waals surface area contributed by atoms with Crippen molar-refractivity contribution in [1.82, 2.24) is 4.90 Å². The summed E-state index contributed by atoms with van der Waals surface area (Å²) in [5.41, 5.74) is 5.85. The molecule has 2 heteroatoms. The average Bonchev–Trinajstić information content (AvgIpc) is 2.09. The SMILES string of the molecule is CCN(C)C[C@H]1CC[C@H](N)CC1. The summed E-state index contributed by atoms with van der Waals surface area (Å²) in [5.74, 6) is 0.912. The number of nitrogens with two attached hydrogens (primary N) is 1. The summed E-state index contributed by atoms with van der Waals surface area (Å²) in [4.78, 5) is 2.40. The highest BCUT2D eigenvalue weighted by Crippen LogP contribution is 2.23. The second-order valence-electron chi connectivity index (χ2n) is 4.14. The van der Waals surface area contributed by atoms with Gasteiger partial charge in [0, 0.05) is 12.6 Å². The van der Waals surface area contributed by atoms with Crippen LogP contribution in [0.3, 0.4) is 0 Å². The van der Waals surface area contributed by atoms with Crippen molar-refractivity contribution in [2.24, 2.45) is 11.7 Å². The average molecular weight is 170 g/mol. The lowest BCUT2D eigenvalue weighted by Gasteiger charge is -2.29. The minimum atomic E-state index is 0.494. The minimum absolute atomic E-state index is 0.494. The van der Waals surface area contributed by atoms with Gasteiger partial charge >= 0.3 is 0 Å². The first-order chi connectivity index (χ1) is 5.72. The van der Waals surface area contributed by atoms with Crippen LogP contribution in [0, 0.1) is 5.92 Å². The Morgan fingerprint density at radius 3 is 2.33 bits per heavy atom. The molecule has 1 saturated carbocycles. The third-order valence-corrected chi connectivity index (χ3v) is 3.00. The second-order valence-corrected chi connectivity index (χ2v) is 4.14. The van der Waals surface area contributed by atoms with E-state index in [9.17, 15) is 0 Å². The van der Waals surface area contributed by atoms with E-state index < -0.39 is 0 Å². The zero-order chi connectivity index (χ0) is 8.97. The summed E-state index contributed by atoms with van der Waals surface area (Å²) >= 11 is 0. The largest absolute Gasteiger partial charge is 0.328 e. The van der Waals surface area contributed by atoms with E-state index in [4.69, 9.17) is 5.73 Å². The van der Waals surface area contributed by atoms with Gasteiger partial charge in [0.25, 0.3) is 0 Å². The van der Waals surface area contributed by atoms with Crippen LogP contribution in [0.25, 0.3) is 0 Å². The molecule has 2 nitrogen and oxygen atoms in total. The van der Waals surface area contributed by atoms with Gasteiger partial charge in [-0.2, -0.15) is 0 Å². The topological polar surface area (TPSA) is 29.3 Å². The molecule has 0 aromatic carbocycles. The van der Waals surface area contributed by atoms with Gasteiger partial charge in [-0.25, -0.2) is 0 Å². The van der Waals surface area contributed by atoms with Crippen LogP contribution in [0.5, 0.6) is 0 Å². The zero-order valence-corrected chi connectivity index (χ0v) is 8.42. The molecule has 0 saturated heterocycles. The van der Waals surface area contributed by atoms with E-state index in [1.165, 1.54) is 38.8 Å². The lowest BCUT2D eigenvalue weighted by molar-refractivity contribution is 0.231. The molecule has 0 spiro atoms. The highest BCUT2D eigenvalue weighted by atomic mass is 15.1. The van der Waals surface area contributed by atoms with E-state index in [0.29, 0.717) is 6.04 Å². The van der Waals surface area contributed by atoms with E-state index in [-0.39, 0.29) is 0 Å². The van der Waals surface area contributed by atoms with Gasteiger partial charge in [-0.05, 0) is 45.2 Å². The smallest absolute Gasteiger partial charge is 0.00390 e. The van der Waals surface area contributed by atoms with Crippen molar-refractivity contribution >= 4 is 0 Å². The third kappa shape index (κ3) is 3.11. The van der Waals surface area contributed by atoms with Crippen molar-refractivity contribution in [3.63, 3.8) is 0 Å². The summed E-state index contributed by atoms with van der Waals surface area (Å²) in [5, 5.41) is 0. The lowest BCUT2D eigenvalue weighted by Crippen LogP contribution is -2.32. The van der Waals surface area contributed by atoms with Gasteiger partial charge in [0.15, 0.2) is 0 Å².